The van der Waals surface area contributed by atoms with Crippen LogP contribution in [0.3, 0.4) is 0 Å². The van der Waals surface area contributed by atoms with Crippen molar-refractivity contribution in [2.24, 2.45) is 5.92 Å². The average molecular weight is 363 g/mol. The van der Waals surface area contributed by atoms with Crippen LogP contribution in [0, 0.1) is 5.92 Å². The lowest BCUT2D eigenvalue weighted by Crippen LogP contribution is -3.10. The van der Waals surface area contributed by atoms with Crippen LogP contribution in [0.15, 0.2) is 12.1 Å². The summed E-state index contributed by atoms with van der Waals surface area (Å²) in [7, 11) is 4.89. The number of amides is 1. The second kappa shape index (κ2) is 8.62. The highest BCUT2D eigenvalue weighted by atomic mass is 16.5. The highest BCUT2D eigenvalue weighted by Gasteiger charge is 2.31. The quantitative estimate of drug-likeness (QED) is 0.864. The molecule has 2 aliphatic rings. The van der Waals surface area contributed by atoms with Crippen LogP contribution in [0.5, 0.6) is 17.2 Å². The summed E-state index contributed by atoms with van der Waals surface area (Å²) in [4.78, 5) is 16.2. The largest absolute Gasteiger partial charge is 0.492 e. The van der Waals surface area contributed by atoms with Crippen LogP contribution >= 0.6 is 0 Å². The first-order valence-electron chi connectivity index (χ1n) is 9.61. The summed E-state index contributed by atoms with van der Waals surface area (Å²) in [5.41, 5.74) is 1.12. The minimum Gasteiger partial charge on any atom is -0.492 e. The molecule has 6 heteroatoms. The van der Waals surface area contributed by atoms with Crippen LogP contribution in [0.1, 0.15) is 32.1 Å². The molecule has 6 nitrogen and oxygen atoms in total. The van der Waals surface area contributed by atoms with Gasteiger partial charge in [-0.3, -0.25) is 9.69 Å². The Hall–Kier alpha value is -1.95. The fourth-order valence-corrected chi connectivity index (χ4v) is 4.18. The number of ether oxygens (including phenoxy) is 3. The molecule has 2 fully saturated rings. The molecule has 1 aliphatic carbocycles. The molecule has 1 saturated carbocycles. The summed E-state index contributed by atoms with van der Waals surface area (Å²) in [6.45, 7) is 3.41. The van der Waals surface area contributed by atoms with Crippen molar-refractivity contribution >= 4 is 11.6 Å². The molecule has 1 N–H and O–H groups in total. The molecule has 0 aromatic heterocycles. The molecule has 0 spiro atoms. The third kappa shape index (κ3) is 3.90. The lowest BCUT2D eigenvalue weighted by Gasteiger charge is -2.35. The number of benzene rings is 1. The standard InChI is InChI=1S/C20H30N2O4/c1-24-17-13-16(14-18(25-2)19(17)26-3)21-9-11-22(12-10-21)20(23)15-7-5-4-6-8-15/h13-15H,4-12H2,1-3H3/p+1. The van der Waals surface area contributed by atoms with E-state index in [2.05, 4.69) is 4.90 Å². The van der Waals surface area contributed by atoms with Gasteiger partial charge in [-0.05, 0) is 12.8 Å². The minimum atomic E-state index is 0.256. The summed E-state index contributed by atoms with van der Waals surface area (Å²) in [6, 6.07) is 4.02. The fraction of sp³-hybridized carbons (Fsp3) is 0.650. The van der Waals surface area contributed by atoms with Gasteiger partial charge in [0.25, 0.3) is 0 Å². The van der Waals surface area contributed by atoms with Crippen LogP contribution in [-0.4, -0.2) is 58.3 Å². The highest BCUT2D eigenvalue weighted by Crippen LogP contribution is 2.39. The van der Waals surface area contributed by atoms with E-state index in [0.717, 1.165) is 44.7 Å². The van der Waals surface area contributed by atoms with E-state index in [1.165, 1.54) is 24.2 Å². The van der Waals surface area contributed by atoms with E-state index in [0.29, 0.717) is 23.2 Å². The van der Waals surface area contributed by atoms with E-state index in [4.69, 9.17) is 14.2 Å². The van der Waals surface area contributed by atoms with Crippen LogP contribution in [0.2, 0.25) is 0 Å². The van der Waals surface area contributed by atoms with E-state index < -0.39 is 0 Å². The lowest BCUT2D eigenvalue weighted by atomic mass is 9.88. The van der Waals surface area contributed by atoms with E-state index in [9.17, 15) is 4.79 Å². The first-order valence-corrected chi connectivity index (χ1v) is 9.61. The fourth-order valence-electron chi connectivity index (χ4n) is 4.18. The SMILES string of the molecule is COc1cc([NH+]2CCN(C(=O)C3CCCCC3)CC2)cc(OC)c1OC. The number of nitrogens with zero attached hydrogens (tertiary/aromatic N) is 1. The number of hydrogen-bond donors (Lipinski definition) is 1. The van der Waals surface area contributed by atoms with Crippen molar-refractivity contribution in [1.82, 2.24) is 4.90 Å². The number of nitrogens with one attached hydrogen (secondary N) is 1. The van der Waals surface area contributed by atoms with Crippen LogP contribution in [-0.2, 0) is 4.79 Å². The zero-order valence-electron chi connectivity index (χ0n) is 16.2. The first kappa shape index (κ1) is 18.8. The monoisotopic (exact) mass is 363 g/mol. The van der Waals surface area contributed by atoms with Crippen LogP contribution < -0.4 is 19.1 Å². The zero-order chi connectivity index (χ0) is 18.5. The Morgan fingerprint density at radius 2 is 1.54 bits per heavy atom. The minimum absolute atomic E-state index is 0.256. The Kier molecular flexibility index (Phi) is 6.25. The van der Waals surface area contributed by atoms with E-state index >= 15 is 0 Å². The van der Waals surface area contributed by atoms with Gasteiger partial charge in [-0.15, -0.1) is 0 Å². The Bertz CT molecular complexity index is 595. The number of carbonyl (C=O) groups is 1. The van der Waals surface area contributed by atoms with E-state index in [-0.39, 0.29) is 5.92 Å². The summed E-state index contributed by atoms with van der Waals surface area (Å²) in [5.74, 6) is 2.59. The third-order valence-electron chi connectivity index (χ3n) is 5.71. The summed E-state index contributed by atoms with van der Waals surface area (Å²) >= 11 is 0. The van der Waals surface area contributed by atoms with Crippen molar-refractivity contribution in [2.45, 2.75) is 32.1 Å². The van der Waals surface area contributed by atoms with Crippen LogP contribution in [0.4, 0.5) is 5.69 Å². The van der Waals surface area contributed by atoms with Gasteiger partial charge in [0.2, 0.25) is 11.7 Å². The van der Waals surface area contributed by atoms with Gasteiger partial charge in [-0.25, -0.2) is 0 Å². The predicted molar refractivity (Wildman–Crippen MR) is 99.6 cm³/mol. The molecule has 3 rings (SSSR count). The Morgan fingerprint density at radius 1 is 0.962 bits per heavy atom. The highest BCUT2D eigenvalue weighted by molar-refractivity contribution is 5.79. The van der Waals surface area contributed by atoms with Gasteiger partial charge in [-0.2, -0.15) is 0 Å². The van der Waals surface area contributed by atoms with E-state index in [1.807, 2.05) is 12.1 Å². The number of quaternary nitrogens is 1. The molecule has 1 saturated heterocycles. The van der Waals surface area contributed by atoms with Gasteiger partial charge in [0.1, 0.15) is 5.69 Å². The molecule has 0 unspecified atom stereocenters. The molecule has 1 aromatic rings. The zero-order valence-corrected chi connectivity index (χ0v) is 16.2. The molecular weight excluding hydrogens is 332 g/mol. The molecule has 1 aromatic carbocycles. The third-order valence-corrected chi connectivity index (χ3v) is 5.71. The topological polar surface area (TPSA) is 52.4 Å². The number of carbonyl (C=O) groups excluding carboxylic acids is 1. The Labute approximate surface area is 156 Å². The molecule has 1 aliphatic heterocycles. The number of hydrogen-bond acceptors (Lipinski definition) is 4. The molecule has 0 radical (unpaired) electrons. The van der Waals surface area contributed by atoms with Gasteiger partial charge in [0, 0.05) is 18.1 Å². The first-order chi connectivity index (χ1) is 12.7. The van der Waals surface area contributed by atoms with Crippen molar-refractivity contribution in [3.63, 3.8) is 0 Å². The molecule has 0 bridgehead atoms. The Morgan fingerprint density at radius 3 is 2.04 bits per heavy atom. The summed E-state index contributed by atoms with van der Waals surface area (Å²) in [6.07, 6.45) is 5.82. The number of rotatable bonds is 5. The van der Waals surface area contributed by atoms with E-state index in [1.54, 1.807) is 21.3 Å². The molecule has 1 heterocycles. The normalized spacial score (nSPS) is 19.3. The van der Waals surface area contributed by atoms with Gasteiger partial charge in [-0.1, -0.05) is 19.3 Å². The number of methoxy groups -OCH3 is 3. The maximum Gasteiger partial charge on any atom is 0.226 e. The maximum atomic E-state index is 12.7. The lowest BCUT2D eigenvalue weighted by molar-refractivity contribution is -0.837. The van der Waals surface area contributed by atoms with Crippen molar-refractivity contribution in [3.8, 4) is 17.2 Å². The molecular formula is C20H31N2O4+. The van der Waals surface area contributed by atoms with Crippen molar-refractivity contribution in [2.75, 3.05) is 47.5 Å². The van der Waals surface area contributed by atoms with Crippen LogP contribution in [0.25, 0.3) is 0 Å². The summed E-state index contributed by atoms with van der Waals surface area (Å²) in [5, 5.41) is 0. The molecule has 1 amide bonds. The summed E-state index contributed by atoms with van der Waals surface area (Å²) < 4.78 is 16.3. The van der Waals surface area contributed by atoms with Crippen molar-refractivity contribution < 1.29 is 23.9 Å². The predicted octanol–water partition coefficient (Wildman–Crippen LogP) is 1.65. The smallest absolute Gasteiger partial charge is 0.226 e. The van der Waals surface area contributed by atoms with Gasteiger partial charge >= 0.3 is 0 Å². The number of piperazine rings is 1. The average Bonchev–Trinajstić information content (AvgIpc) is 2.72. The Balaban J connectivity index is 1.67. The van der Waals surface area contributed by atoms with Crippen molar-refractivity contribution in [3.05, 3.63) is 12.1 Å². The van der Waals surface area contributed by atoms with Crippen molar-refractivity contribution in [1.29, 1.82) is 0 Å². The molecule has 26 heavy (non-hydrogen) atoms. The van der Waals surface area contributed by atoms with Gasteiger partial charge < -0.3 is 19.1 Å². The maximum absolute atomic E-state index is 12.7. The second-order valence-corrected chi connectivity index (χ2v) is 7.18. The molecule has 144 valence electrons. The molecule has 0 atom stereocenters. The van der Waals surface area contributed by atoms with Gasteiger partial charge in [0.05, 0.1) is 47.5 Å². The van der Waals surface area contributed by atoms with Gasteiger partial charge in [0.15, 0.2) is 11.5 Å². The second-order valence-electron chi connectivity index (χ2n) is 7.18.